The van der Waals surface area contributed by atoms with Crippen LogP contribution in [0.2, 0.25) is 0 Å². The predicted molar refractivity (Wildman–Crippen MR) is 63.9 cm³/mol. The SMILES string of the molecule is CN(CCC(N)=S)c1ncccc1C(F)(F)F. The highest BCUT2D eigenvalue weighted by atomic mass is 32.1. The molecular formula is C10H12F3N3S. The van der Waals surface area contributed by atoms with Crippen LogP contribution in [0.3, 0.4) is 0 Å². The van der Waals surface area contributed by atoms with E-state index in [0.717, 1.165) is 6.07 Å². The molecule has 0 aliphatic rings. The third-order valence-electron chi connectivity index (χ3n) is 2.15. The lowest BCUT2D eigenvalue weighted by atomic mass is 10.2. The number of aromatic nitrogens is 1. The van der Waals surface area contributed by atoms with E-state index in [-0.39, 0.29) is 10.8 Å². The maximum absolute atomic E-state index is 12.7. The number of halogens is 3. The Morgan fingerprint density at radius 2 is 2.18 bits per heavy atom. The van der Waals surface area contributed by atoms with Crippen molar-refractivity contribution < 1.29 is 13.2 Å². The standard InChI is InChI=1S/C10H12F3N3S/c1-16(6-4-8(14)17)9-7(10(11,12)13)3-2-5-15-9/h2-3,5H,4,6H2,1H3,(H2,14,17). The molecular weight excluding hydrogens is 251 g/mol. The van der Waals surface area contributed by atoms with E-state index in [1.165, 1.54) is 24.2 Å². The smallest absolute Gasteiger partial charge is 0.393 e. The Labute approximate surface area is 102 Å². The molecule has 0 radical (unpaired) electrons. The Kier molecular flexibility index (Phi) is 4.28. The maximum Gasteiger partial charge on any atom is 0.419 e. The summed E-state index contributed by atoms with van der Waals surface area (Å²) in [6.45, 7) is 0.301. The number of rotatable bonds is 4. The first kappa shape index (κ1) is 13.7. The Balaban J connectivity index is 2.93. The highest BCUT2D eigenvalue weighted by Gasteiger charge is 2.34. The van der Waals surface area contributed by atoms with Crippen molar-refractivity contribution in [2.24, 2.45) is 5.73 Å². The fourth-order valence-corrected chi connectivity index (χ4v) is 1.40. The van der Waals surface area contributed by atoms with Gasteiger partial charge in [0.1, 0.15) is 5.82 Å². The summed E-state index contributed by atoms with van der Waals surface area (Å²) in [5.74, 6) is -0.115. The number of hydrogen-bond acceptors (Lipinski definition) is 3. The van der Waals surface area contributed by atoms with Crippen LogP contribution < -0.4 is 10.6 Å². The fourth-order valence-electron chi connectivity index (χ4n) is 1.31. The van der Waals surface area contributed by atoms with E-state index in [1.54, 1.807) is 0 Å². The molecule has 1 aromatic heterocycles. The van der Waals surface area contributed by atoms with Gasteiger partial charge in [-0.05, 0) is 12.1 Å². The molecule has 0 amide bonds. The minimum Gasteiger partial charge on any atom is -0.393 e. The van der Waals surface area contributed by atoms with E-state index in [2.05, 4.69) is 17.2 Å². The summed E-state index contributed by atoms with van der Waals surface area (Å²) < 4.78 is 38.1. The van der Waals surface area contributed by atoms with Crippen LogP contribution in [0, 0.1) is 0 Å². The average molecular weight is 263 g/mol. The van der Waals surface area contributed by atoms with Gasteiger partial charge in [0.05, 0.1) is 10.6 Å². The number of pyridine rings is 1. The first-order chi connectivity index (χ1) is 7.82. The Bertz CT molecular complexity index is 406. The molecule has 17 heavy (non-hydrogen) atoms. The van der Waals surface area contributed by atoms with E-state index in [1.807, 2.05) is 0 Å². The lowest BCUT2D eigenvalue weighted by molar-refractivity contribution is -0.137. The monoisotopic (exact) mass is 263 g/mol. The van der Waals surface area contributed by atoms with Gasteiger partial charge >= 0.3 is 6.18 Å². The van der Waals surface area contributed by atoms with E-state index >= 15 is 0 Å². The van der Waals surface area contributed by atoms with Crippen molar-refractivity contribution in [2.45, 2.75) is 12.6 Å². The number of nitrogens with two attached hydrogens (primary N) is 1. The first-order valence-corrected chi connectivity index (χ1v) is 5.25. The highest BCUT2D eigenvalue weighted by Crippen LogP contribution is 2.34. The Morgan fingerprint density at radius 1 is 1.53 bits per heavy atom. The van der Waals surface area contributed by atoms with E-state index in [0.29, 0.717) is 13.0 Å². The van der Waals surface area contributed by atoms with Gasteiger partial charge in [0.15, 0.2) is 0 Å². The number of nitrogens with zero attached hydrogens (tertiary/aromatic N) is 2. The van der Waals surface area contributed by atoms with Gasteiger partial charge in [0.25, 0.3) is 0 Å². The van der Waals surface area contributed by atoms with Crippen LogP contribution in [0.1, 0.15) is 12.0 Å². The number of thiocarbonyl (C=S) groups is 1. The van der Waals surface area contributed by atoms with Crippen molar-refractivity contribution >= 4 is 23.0 Å². The van der Waals surface area contributed by atoms with Gasteiger partial charge in [-0.1, -0.05) is 12.2 Å². The van der Waals surface area contributed by atoms with E-state index in [9.17, 15) is 13.2 Å². The van der Waals surface area contributed by atoms with Gasteiger partial charge in [-0.25, -0.2) is 4.98 Å². The Hall–Kier alpha value is -1.37. The molecule has 3 nitrogen and oxygen atoms in total. The number of anilines is 1. The van der Waals surface area contributed by atoms with Crippen LogP contribution in [0.15, 0.2) is 18.3 Å². The summed E-state index contributed by atoms with van der Waals surface area (Å²) in [5.41, 5.74) is 4.55. The van der Waals surface area contributed by atoms with E-state index in [4.69, 9.17) is 5.73 Å². The summed E-state index contributed by atoms with van der Waals surface area (Å²) in [6, 6.07) is 2.26. The molecule has 0 saturated heterocycles. The van der Waals surface area contributed by atoms with E-state index < -0.39 is 11.7 Å². The molecule has 0 atom stereocenters. The van der Waals surface area contributed by atoms with Gasteiger partial charge in [0, 0.05) is 26.2 Å². The van der Waals surface area contributed by atoms with Gasteiger partial charge in [-0.3, -0.25) is 0 Å². The topological polar surface area (TPSA) is 42.1 Å². The lowest BCUT2D eigenvalue weighted by Gasteiger charge is -2.21. The molecule has 0 aliphatic heterocycles. The minimum absolute atomic E-state index is 0.115. The summed E-state index contributed by atoms with van der Waals surface area (Å²) in [6.07, 6.45) is -2.75. The number of alkyl halides is 3. The zero-order chi connectivity index (χ0) is 13.1. The van der Waals surface area contributed by atoms with Gasteiger partial charge in [-0.2, -0.15) is 13.2 Å². The lowest BCUT2D eigenvalue weighted by Crippen LogP contribution is -2.26. The van der Waals surface area contributed by atoms with Crippen molar-refractivity contribution in [3.8, 4) is 0 Å². The van der Waals surface area contributed by atoms with Crippen molar-refractivity contribution in [3.05, 3.63) is 23.9 Å². The third-order valence-corrected chi connectivity index (χ3v) is 2.35. The third kappa shape index (κ3) is 3.85. The van der Waals surface area contributed by atoms with Gasteiger partial charge < -0.3 is 10.6 Å². The average Bonchev–Trinajstić information content (AvgIpc) is 2.24. The second-order valence-electron chi connectivity index (χ2n) is 3.51. The van der Waals surface area contributed by atoms with Gasteiger partial charge in [0.2, 0.25) is 0 Å². The van der Waals surface area contributed by atoms with Crippen LogP contribution in [-0.2, 0) is 6.18 Å². The van der Waals surface area contributed by atoms with Crippen LogP contribution in [0.25, 0.3) is 0 Å². The highest BCUT2D eigenvalue weighted by molar-refractivity contribution is 7.80. The first-order valence-electron chi connectivity index (χ1n) is 4.84. The zero-order valence-electron chi connectivity index (χ0n) is 9.16. The van der Waals surface area contributed by atoms with Crippen LogP contribution in [0.4, 0.5) is 19.0 Å². The largest absolute Gasteiger partial charge is 0.419 e. The molecule has 1 rings (SSSR count). The van der Waals surface area contributed by atoms with Crippen molar-refractivity contribution in [1.82, 2.24) is 4.98 Å². The molecule has 1 aromatic rings. The Morgan fingerprint density at radius 3 is 2.71 bits per heavy atom. The molecule has 0 bridgehead atoms. The molecule has 2 N–H and O–H groups in total. The van der Waals surface area contributed by atoms with Crippen LogP contribution in [-0.4, -0.2) is 23.6 Å². The maximum atomic E-state index is 12.7. The summed E-state index contributed by atoms with van der Waals surface area (Å²) >= 11 is 4.68. The molecule has 94 valence electrons. The minimum atomic E-state index is -4.42. The van der Waals surface area contributed by atoms with Crippen molar-refractivity contribution in [1.29, 1.82) is 0 Å². The molecule has 7 heteroatoms. The molecule has 0 spiro atoms. The van der Waals surface area contributed by atoms with Crippen LogP contribution in [0.5, 0.6) is 0 Å². The van der Waals surface area contributed by atoms with Crippen molar-refractivity contribution in [3.63, 3.8) is 0 Å². The second-order valence-corrected chi connectivity index (χ2v) is 4.03. The quantitative estimate of drug-likeness (QED) is 0.846. The normalized spacial score (nSPS) is 11.3. The molecule has 0 aromatic carbocycles. The van der Waals surface area contributed by atoms with Crippen molar-refractivity contribution in [2.75, 3.05) is 18.5 Å². The number of hydrogen-bond donors (Lipinski definition) is 1. The fraction of sp³-hybridized carbons (Fsp3) is 0.400. The van der Waals surface area contributed by atoms with Gasteiger partial charge in [-0.15, -0.1) is 0 Å². The molecule has 0 aliphatic carbocycles. The summed E-state index contributed by atoms with van der Waals surface area (Å²) in [4.78, 5) is 5.40. The molecule has 0 saturated carbocycles. The zero-order valence-corrected chi connectivity index (χ0v) is 9.98. The summed E-state index contributed by atoms with van der Waals surface area (Å²) in [7, 11) is 1.52. The second kappa shape index (κ2) is 5.31. The summed E-state index contributed by atoms with van der Waals surface area (Å²) in [5, 5.41) is 0. The van der Waals surface area contributed by atoms with Crippen LogP contribution >= 0.6 is 12.2 Å². The molecule has 0 unspecified atom stereocenters. The molecule has 1 heterocycles. The molecule has 0 fully saturated rings. The predicted octanol–water partition coefficient (Wildman–Crippen LogP) is 2.21.